The van der Waals surface area contributed by atoms with Gasteiger partial charge in [-0.3, -0.25) is 9.50 Å². The first-order chi connectivity index (χ1) is 9.39. The molecule has 1 aromatic heterocycles. The molecule has 1 rings (SSSR count). The predicted molar refractivity (Wildman–Crippen MR) is 69.7 cm³/mol. The Balaban J connectivity index is 2.91. The minimum atomic E-state index is -3.88. The van der Waals surface area contributed by atoms with Crippen LogP contribution in [0.4, 0.5) is 15.0 Å². The van der Waals surface area contributed by atoms with Crippen molar-refractivity contribution < 1.29 is 21.8 Å². The van der Waals surface area contributed by atoms with Gasteiger partial charge in [-0.1, -0.05) is 5.92 Å². The number of carbonyl (C=O) groups excluding carboxylic acids is 1. The molecule has 0 aliphatic heterocycles. The first kappa shape index (κ1) is 15.9. The summed E-state index contributed by atoms with van der Waals surface area (Å²) < 4.78 is 40.7. The molecule has 1 heterocycles. The van der Waals surface area contributed by atoms with Crippen LogP contribution in [-0.2, 0) is 20.1 Å². The fourth-order valence-electron chi connectivity index (χ4n) is 1.21. The number of urea groups is 1. The third-order valence-electron chi connectivity index (χ3n) is 2.14. The van der Waals surface area contributed by atoms with Crippen molar-refractivity contribution in [3.8, 4) is 12.3 Å². The second-order valence-electron chi connectivity index (χ2n) is 3.51. The van der Waals surface area contributed by atoms with Crippen LogP contribution in [0.15, 0.2) is 12.3 Å². The second-order valence-corrected chi connectivity index (χ2v) is 5.25. The Morgan fingerprint density at radius 3 is 2.90 bits per heavy atom. The maximum atomic E-state index is 14.0. The monoisotopic (exact) mass is 301 g/mol. The SMILES string of the molecule is C#CCNC(=O)Nc1nccc(CS(=O)(=O)OC)c1F. The molecule has 0 saturated heterocycles. The second kappa shape index (κ2) is 6.83. The molecule has 2 amide bonds. The largest absolute Gasteiger partial charge is 0.327 e. The lowest BCUT2D eigenvalue weighted by Gasteiger charge is -2.08. The van der Waals surface area contributed by atoms with Gasteiger partial charge in [-0.15, -0.1) is 6.42 Å². The van der Waals surface area contributed by atoms with Gasteiger partial charge >= 0.3 is 6.03 Å². The Kier molecular flexibility index (Phi) is 5.42. The van der Waals surface area contributed by atoms with Crippen LogP contribution < -0.4 is 10.6 Å². The van der Waals surface area contributed by atoms with Gasteiger partial charge < -0.3 is 5.32 Å². The molecule has 9 heteroatoms. The van der Waals surface area contributed by atoms with Crippen molar-refractivity contribution in [3.63, 3.8) is 0 Å². The van der Waals surface area contributed by atoms with Gasteiger partial charge in [-0.25, -0.2) is 14.2 Å². The molecule has 0 bridgehead atoms. The molecule has 2 N–H and O–H groups in total. The van der Waals surface area contributed by atoms with Gasteiger partial charge in [0.05, 0.1) is 13.7 Å². The van der Waals surface area contributed by atoms with Crippen LogP contribution in [-0.4, -0.2) is 33.1 Å². The zero-order chi connectivity index (χ0) is 15.2. The van der Waals surface area contributed by atoms with E-state index in [2.05, 4.69) is 25.7 Å². The van der Waals surface area contributed by atoms with Crippen LogP contribution in [0.5, 0.6) is 0 Å². The molecular formula is C11H12FN3O4S. The predicted octanol–water partition coefficient (Wildman–Crippen LogP) is 0.452. The van der Waals surface area contributed by atoms with Crippen LogP contribution in [0.2, 0.25) is 0 Å². The summed E-state index contributed by atoms with van der Waals surface area (Å²) in [5.74, 6) is 0.145. The van der Waals surface area contributed by atoms with E-state index < -0.39 is 33.5 Å². The van der Waals surface area contributed by atoms with E-state index in [1.807, 2.05) is 0 Å². The van der Waals surface area contributed by atoms with Crippen molar-refractivity contribution in [1.29, 1.82) is 0 Å². The first-order valence-corrected chi connectivity index (χ1v) is 6.87. The van der Waals surface area contributed by atoms with Crippen molar-refractivity contribution in [3.05, 3.63) is 23.6 Å². The van der Waals surface area contributed by atoms with Crippen LogP contribution in [0, 0.1) is 18.2 Å². The van der Waals surface area contributed by atoms with Crippen LogP contribution in [0.25, 0.3) is 0 Å². The van der Waals surface area contributed by atoms with Crippen LogP contribution >= 0.6 is 0 Å². The van der Waals surface area contributed by atoms with E-state index in [-0.39, 0.29) is 12.1 Å². The molecule has 0 spiro atoms. The highest BCUT2D eigenvalue weighted by molar-refractivity contribution is 7.85. The summed E-state index contributed by atoms with van der Waals surface area (Å²) in [5.41, 5.74) is -0.172. The van der Waals surface area contributed by atoms with E-state index in [0.29, 0.717) is 0 Å². The average molecular weight is 301 g/mol. The fraction of sp³-hybridized carbons (Fsp3) is 0.273. The molecule has 0 aliphatic carbocycles. The summed E-state index contributed by atoms with van der Waals surface area (Å²) in [5, 5.41) is 4.37. The molecule has 0 atom stereocenters. The average Bonchev–Trinajstić information content (AvgIpc) is 2.41. The van der Waals surface area contributed by atoms with Crippen molar-refractivity contribution >= 4 is 22.0 Å². The number of nitrogens with zero attached hydrogens (tertiary/aromatic N) is 1. The summed E-state index contributed by atoms with van der Waals surface area (Å²) in [6.45, 7) is -0.0365. The normalized spacial score (nSPS) is 10.7. The third-order valence-corrected chi connectivity index (χ3v) is 3.31. The zero-order valence-electron chi connectivity index (χ0n) is 10.5. The van der Waals surface area contributed by atoms with E-state index in [9.17, 15) is 17.6 Å². The van der Waals surface area contributed by atoms with Gasteiger partial charge in [0, 0.05) is 11.8 Å². The lowest BCUT2D eigenvalue weighted by molar-refractivity contribution is 0.253. The van der Waals surface area contributed by atoms with Crippen molar-refractivity contribution in [2.75, 3.05) is 19.0 Å². The van der Waals surface area contributed by atoms with Gasteiger partial charge in [0.2, 0.25) is 0 Å². The van der Waals surface area contributed by atoms with Crippen molar-refractivity contribution in [1.82, 2.24) is 10.3 Å². The topological polar surface area (TPSA) is 97.4 Å². The lowest BCUT2D eigenvalue weighted by Crippen LogP contribution is -2.29. The lowest BCUT2D eigenvalue weighted by atomic mass is 10.3. The molecule has 0 fully saturated rings. The van der Waals surface area contributed by atoms with Gasteiger partial charge in [0.15, 0.2) is 11.6 Å². The zero-order valence-corrected chi connectivity index (χ0v) is 11.3. The van der Waals surface area contributed by atoms with E-state index in [0.717, 1.165) is 7.11 Å². The summed E-state index contributed by atoms with van der Waals surface area (Å²) in [6, 6.07) is 0.428. The summed E-state index contributed by atoms with van der Waals surface area (Å²) in [7, 11) is -2.90. The number of carbonyl (C=O) groups is 1. The van der Waals surface area contributed by atoms with Crippen LogP contribution in [0.3, 0.4) is 0 Å². The number of amides is 2. The number of hydrogen-bond acceptors (Lipinski definition) is 5. The van der Waals surface area contributed by atoms with Crippen molar-refractivity contribution in [2.45, 2.75) is 5.75 Å². The molecule has 20 heavy (non-hydrogen) atoms. The Bertz CT molecular complexity index is 640. The number of nitrogens with one attached hydrogen (secondary N) is 2. The fourth-order valence-corrected chi connectivity index (χ4v) is 1.94. The van der Waals surface area contributed by atoms with E-state index in [4.69, 9.17) is 6.42 Å². The molecule has 0 aliphatic rings. The minimum Gasteiger partial charge on any atom is -0.327 e. The maximum Gasteiger partial charge on any atom is 0.321 e. The minimum absolute atomic E-state index is 0.0365. The highest BCUT2D eigenvalue weighted by Crippen LogP contribution is 2.17. The highest BCUT2D eigenvalue weighted by Gasteiger charge is 2.17. The van der Waals surface area contributed by atoms with Crippen LogP contribution in [0.1, 0.15) is 5.56 Å². The Morgan fingerprint density at radius 1 is 1.60 bits per heavy atom. The summed E-state index contributed by atoms with van der Waals surface area (Å²) in [4.78, 5) is 14.9. The molecule has 0 aromatic carbocycles. The van der Waals surface area contributed by atoms with E-state index in [1.54, 1.807) is 0 Å². The Labute approximate surface area is 115 Å². The van der Waals surface area contributed by atoms with Gasteiger partial charge in [-0.05, 0) is 6.07 Å². The smallest absolute Gasteiger partial charge is 0.321 e. The molecular weight excluding hydrogens is 289 g/mol. The molecule has 1 aromatic rings. The number of terminal acetylenes is 1. The number of rotatable bonds is 5. The maximum absolute atomic E-state index is 14.0. The summed E-state index contributed by atoms with van der Waals surface area (Å²) in [6.07, 6.45) is 6.11. The van der Waals surface area contributed by atoms with E-state index in [1.165, 1.54) is 12.3 Å². The Morgan fingerprint density at radius 2 is 2.30 bits per heavy atom. The summed E-state index contributed by atoms with van der Waals surface area (Å²) >= 11 is 0. The highest BCUT2D eigenvalue weighted by atomic mass is 32.2. The molecule has 7 nitrogen and oxygen atoms in total. The Hall–Kier alpha value is -2.18. The number of hydrogen-bond donors (Lipinski definition) is 2. The van der Waals surface area contributed by atoms with Gasteiger partial charge in [-0.2, -0.15) is 8.42 Å². The molecule has 0 radical (unpaired) electrons. The quantitative estimate of drug-likeness (QED) is 0.608. The third kappa shape index (κ3) is 4.49. The first-order valence-electron chi connectivity index (χ1n) is 5.29. The number of aromatic nitrogens is 1. The molecule has 0 saturated carbocycles. The van der Waals surface area contributed by atoms with Gasteiger partial charge in [0.25, 0.3) is 10.1 Å². The number of halogens is 1. The molecule has 108 valence electrons. The van der Waals surface area contributed by atoms with Gasteiger partial charge in [0.1, 0.15) is 5.75 Å². The van der Waals surface area contributed by atoms with Crippen molar-refractivity contribution in [2.24, 2.45) is 0 Å². The standard InChI is InChI=1S/C11H12FN3O4S/c1-3-5-14-11(16)15-10-9(12)8(4-6-13-10)7-20(17,18)19-2/h1,4,6H,5,7H2,2H3,(H2,13,14,15,16). The number of anilines is 1. The molecule has 0 unspecified atom stereocenters. The van der Waals surface area contributed by atoms with E-state index >= 15 is 0 Å². The number of pyridine rings is 1.